The highest BCUT2D eigenvalue weighted by Crippen LogP contribution is 2.22. The second-order valence-electron chi connectivity index (χ2n) is 4.98. The molecule has 3 nitrogen and oxygen atoms in total. The van der Waals surface area contributed by atoms with Crippen molar-refractivity contribution in [3.05, 3.63) is 64.7 Å². The van der Waals surface area contributed by atoms with E-state index in [1.54, 1.807) is 31.4 Å². The Morgan fingerprint density at radius 2 is 2.00 bits per heavy atom. The number of Topliss-reactive ketones (excluding diaryl/α,β-unsaturated/α-hetero) is 1. The topological polar surface area (TPSA) is 43.4 Å². The number of ketones is 1. The van der Waals surface area contributed by atoms with Crippen LogP contribution in [0.15, 0.2) is 42.5 Å². The molecule has 108 valence electrons. The summed E-state index contributed by atoms with van der Waals surface area (Å²) in [6.45, 7) is 2.00. The predicted molar refractivity (Wildman–Crippen MR) is 82.2 cm³/mol. The van der Waals surface area contributed by atoms with Gasteiger partial charge < -0.3 is 4.74 Å². The lowest BCUT2D eigenvalue weighted by Crippen LogP contribution is -2.03. The van der Waals surface area contributed by atoms with Crippen molar-refractivity contribution in [3.8, 4) is 5.75 Å². The summed E-state index contributed by atoms with van der Waals surface area (Å²) in [5.74, 6) is 0.839. The number of methoxy groups -OCH3 is 1. The molecule has 0 radical (unpaired) electrons. The molecular formula is C18H18O3. The van der Waals surface area contributed by atoms with Crippen molar-refractivity contribution in [2.45, 2.75) is 19.8 Å². The first-order chi connectivity index (χ1) is 10.1. The number of carbonyl (C=O) groups excluding carboxylic acids is 2. The number of ether oxygens (including phenoxy) is 1. The average molecular weight is 282 g/mol. The van der Waals surface area contributed by atoms with E-state index in [9.17, 15) is 9.59 Å². The van der Waals surface area contributed by atoms with Crippen LogP contribution in [0.2, 0.25) is 0 Å². The Morgan fingerprint density at radius 1 is 1.19 bits per heavy atom. The maximum Gasteiger partial charge on any atom is 0.163 e. The van der Waals surface area contributed by atoms with Gasteiger partial charge in [0.2, 0.25) is 0 Å². The highest BCUT2D eigenvalue weighted by molar-refractivity contribution is 5.97. The summed E-state index contributed by atoms with van der Waals surface area (Å²) in [5, 5.41) is 0. The molecule has 0 aliphatic carbocycles. The van der Waals surface area contributed by atoms with Gasteiger partial charge in [0.1, 0.15) is 12.0 Å². The van der Waals surface area contributed by atoms with Crippen LogP contribution in [0.1, 0.15) is 38.3 Å². The fourth-order valence-electron chi connectivity index (χ4n) is 2.24. The molecular weight excluding hydrogens is 264 g/mol. The zero-order valence-corrected chi connectivity index (χ0v) is 12.3. The zero-order chi connectivity index (χ0) is 15.2. The lowest BCUT2D eigenvalue weighted by atomic mass is 10.00. The van der Waals surface area contributed by atoms with Gasteiger partial charge in [-0.1, -0.05) is 30.3 Å². The molecule has 0 saturated heterocycles. The first kappa shape index (κ1) is 15.0. The molecule has 2 aromatic rings. The smallest absolute Gasteiger partial charge is 0.163 e. The Bertz CT molecular complexity index is 659. The summed E-state index contributed by atoms with van der Waals surface area (Å²) in [6, 6.07) is 12.7. The number of benzene rings is 2. The van der Waals surface area contributed by atoms with E-state index in [1.807, 2.05) is 25.1 Å². The quantitative estimate of drug-likeness (QED) is 0.600. The number of rotatable bonds is 6. The summed E-state index contributed by atoms with van der Waals surface area (Å²) >= 11 is 0. The predicted octanol–water partition coefficient (Wildman–Crippen LogP) is 3.63. The summed E-state index contributed by atoms with van der Waals surface area (Å²) < 4.78 is 5.34. The van der Waals surface area contributed by atoms with Gasteiger partial charge in [-0.3, -0.25) is 9.59 Å². The second-order valence-corrected chi connectivity index (χ2v) is 4.98. The third kappa shape index (κ3) is 3.78. The van der Waals surface area contributed by atoms with Crippen molar-refractivity contribution in [3.63, 3.8) is 0 Å². The Labute approximate surface area is 124 Å². The van der Waals surface area contributed by atoms with Crippen LogP contribution in [0.3, 0.4) is 0 Å². The lowest BCUT2D eigenvalue weighted by molar-refractivity contribution is 0.0982. The monoisotopic (exact) mass is 282 g/mol. The Kier molecular flexibility index (Phi) is 4.88. The van der Waals surface area contributed by atoms with Gasteiger partial charge in [-0.05, 0) is 36.6 Å². The molecule has 0 N–H and O–H groups in total. The summed E-state index contributed by atoms with van der Waals surface area (Å²) in [7, 11) is 1.63. The molecule has 0 unspecified atom stereocenters. The third-order valence-electron chi connectivity index (χ3n) is 3.41. The fraction of sp³-hybridized carbons (Fsp3) is 0.222. The van der Waals surface area contributed by atoms with Gasteiger partial charge in [0.15, 0.2) is 5.78 Å². The molecule has 0 heterocycles. The summed E-state index contributed by atoms with van der Waals surface area (Å²) in [4.78, 5) is 22.9. The van der Waals surface area contributed by atoms with Crippen LogP contribution in [0.25, 0.3) is 0 Å². The maximum absolute atomic E-state index is 12.2. The van der Waals surface area contributed by atoms with E-state index in [1.165, 1.54) is 0 Å². The van der Waals surface area contributed by atoms with E-state index in [0.29, 0.717) is 24.0 Å². The Morgan fingerprint density at radius 3 is 2.71 bits per heavy atom. The average Bonchev–Trinajstić information content (AvgIpc) is 2.53. The minimum absolute atomic E-state index is 0.0290. The van der Waals surface area contributed by atoms with E-state index in [2.05, 4.69) is 0 Å². The van der Waals surface area contributed by atoms with Crippen molar-refractivity contribution in [1.29, 1.82) is 0 Å². The first-order valence-electron chi connectivity index (χ1n) is 6.86. The van der Waals surface area contributed by atoms with Gasteiger partial charge in [-0.25, -0.2) is 0 Å². The van der Waals surface area contributed by atoms with Crippen LogP contribution in [-0.2, 0) is 6.42 Å². The maximum atomic E-state index is 12.2. The van der Waals surface area contributed by atoms with Crippen LogP contribution in [0.5, 0.6) is 5.75 Å². The molecule has 2 aromatic carbocycles. The van der Waals surface area contributed by atoms with Crippen molar-refractivity contribution >= 4 is 12.1 Å². The summed E-state index contributed by atoms with van der Waals surface area (Å²) in [6.07, 6.45) is 1.76. The second kappa shape index (κ2) is 6.84. The van der Waals surface area contributed by atoms with Crippen LogP contribution >= 0.6 is 0 Å². The van der Waals surface area contributed by atoms with Crippen molar-refractivity contribution in [2.75, 3.05) is 7.11 Å². The molecule has 0 atom stereocenters. The molecule has 0 aliphatic rings. The van der Waals surface area contributed by atoms with E-state index in [-0.39, 0.29) is 5.78 Å². The number of aryl methyl sites for hydroxylation is 2. The number of hydrogen-bond acceptors (Lipinski definition) is 3. The van der Waals surface area contributed by atoms with Crippen molar-refractivity contribution < 1.29 is 14.3 Å². The fourth-order valence-corrected chi connectivity index (χ4v) is 2.24. The van der Waals surface area contributed by atoms with Crippen LogP contribution in [-0.4, -0.2) is 19.2 Å². The number of carbonyl (C=O) groups is 2. The normalized spacial score (nSPS) is 10.2. The van der Waals surface area contributed by atoms with Gasteiger partial charge >= 0.3 is 0 Å². The van der Waals surface area contributed by atoms with Gasteiger partial charge in [0, 0.05) is 17.5 Å². The molecule has 0 aromatic heterocycles. The minimum Gasteiger partial charge on any atom is -0.496 e. The Balaban J connectivity index is 2.08. The zero-order valence-electron chi connectivity index (χ0n) is 12.3. The van der Waals surface area contributed by atoms with Crippen LogP contribution in [0, 0.1) is 6.92 Å². The van der Waals surface area contributed by atoms with Gasteiger partial charge in [-0.2, -0.15) is 0 Å². The SMILES string of the molecule is COc1cc(C)ccc1CCC(=O)c1cccc(C=O)c1. The van der Waals surface area contributed by atoms with Crippen molar-refractivity contribution in [2.24, 2.45) is 0 Å². The molecule has 21 heavy (non-hydrogen) atoms. The first-order valence-corrected chi connectivity index (χ1v) is 6.86. The van der Waals surface area contributed by atoms with Gasteiger partial charge in [-0.15, -0.1) is 0 Å². The molecule has 3 heteroatoms. The molecule has 2 rings (SSSR count). The molecule has 0 spiro atoms. The van der Waals surface area contributed by atoms with E-state index < -0.39 is 0 Å². The third-order valence-corrected chi connectivity index (χ3v) is 3.41. The summed E-state index contributed by atoms with van der Waals surface area (Å²) in [5.41, 5.74) is 3.24. The van der Waals surface area contributed by atoms with Crippen LogP contribution < -0.4 is 4.74 Å². The van der Waals surface area contributed by atoms with Gasteiger partial charge in [0.05, 0.1) is 7.11 Å². The number of aldehydes is 1. The largest absolute Gasteiger partial charge is 0.496 e. The highest BCUT2D eigenvalue weighted by Gasteiger charge is 2.09. The van der Waals surface area contributed by atoms with Crippen molar-refractivity contribution in [1.82, 2.24) is 0 Å². The molecule has 0 fully saturated rings. The highest BCUT2D eigenvalue weighted by atomic mass is 16.5. The van der Waals surface area contributed by atoms with Gasteiger partial charge in [0.25, 0.3) is 0 Å². The van der Waals surface area contributed by atoms with E-state index in [0.717, 1.165) is 23.2 Å². The Hall–Kier alpha value is -2.42. The molecule has 0 amide bonds. The van der Waals surface area contributed by atoms with E-state index >= 15 is 0 Å². The molecule has 0 saturated carbocycles. The number of hydrogen-bond donors (Lipinski definition) is 0. The van der Waals surface area contributed by atoms with Crippen LogP contribution in [0.4, 0.5) is 0 Å². The molecule has 0 bridgehead atoms. The minimum atomic E-state index is 0.0290. The molecule has 0 aliphatic heterocycles. The standard InChI is InChI=1S/C18H18O3/c1-13-6-7-15(18(10-13)21-2)8-9-17(20)16-5-3-4-14(11-16)12-19/h3-7,10-12H,8-9H2,1-2H3. The van der Waals surface area contributed by atoms with E-state index in [4.69, 9.17) is 4.74 Å². The lowest BCUT2D eigenvalue weighted by Gasteiger charge is -2.09.